The first-order valence-corrected chi connectivity index (χ1v) is 6.21. The maximum Gasteiger partial charge on any atom is 0.573 e. The summed E-state index contributed by atoms with van der Waals surface area (Å²) in [4.78, 5) is 3.79. The topological polar surface area (TPSA) is 34.2 Å². The van der Waals surface area contributed by atoms with Gasteiger partial charge in [0, 0.05) is 12.6 Å². The van der Waals surface area contributed by atoms with Crippen LogP contribution in [0.15, 0.2) is 36.5 Å². The van der Waals surface area contributed by atoms with E-state index < -0.39 is 23.9 Å². The monoisotopic (exact) mass is 372 g/mol. The van der Waals surface area contributed by atoms with Gasteiger partial charge in [-0.1, -0.05) is 12.1 Å². The number of nitrogens with one attached hydrogen (secondary N) is 1. The molecular formula is C14H11ClF6N2O. The first-order chi connectivity index (χ1) is 10.6. The second-order valence-electron chi connectivity index (χ2n) is 4.44. The fourth-order valence-corrected chi connectivity index (χ4v) is 1.83. The number of aromatic nitrogens is 1. The van der Waals surface area contributed by atoms with Crippen LogP contribution in [0.1, 0.15) is 5.56 Å². The first kappa shape index (κ1) is 19.9. The van der Waals surface area contributed by atoms with Gasteiger partial charge in [-0.15, -0.1) is 25.6 Å². The van der Waals surface area contributed by atoms with Gasteiger partial charge in [-0.25, -0.2) is 0 Å². The third-order valence-electron chi connectivity index (χ3n) is 2.87. The second-order valence-corrected chi connectivity index (χ2v) is 4.44. The summed E-state index contributed by atoms with van der Waals surface area (Å²) in [6, 6.07) is 5.37. The number of ether oxygens (including phenoxy) is 1. The van der Waals surface area contributed by atoms with Gasteiger partial charge in [-0.05, 0) is 18.2 Å². The van der Waals surface area contributed by atoms with Crippen molar-refractivity contribution in [3.63, 3.8) is 0 Å². The molecule has 0 radical (unpaired) electrons. The Labute approximate surface area is 139 Å². The zero-order valence-corrected chi connectivity index (χ0v) is 12.8. The van der Waals surface area contributed by atoms with Crippen LogP contribution in [-0.4, -0.2) is 18.4 Å². The number of hydrogen-bond acceptors (Lipinski definition) is 3. The standard InChI is InChI=1S/C14H10F6N2O.ClH/c1-21-11-6-10(22-7-12(11)23-14(18,19)20)8-2-4-9(5-3-8)13(15,16)17;/h2-7H,1H3,(H,21,22);1H. The number of nitrogens with zero attached hydrogens (tertiary/aromatic N) is 1. The molecule has 24 heavy (non-hydrogen) atoms. The van der Waals surface area contributed by atoms with Gasteiger partial charge in [-0.2, -0.15) is 13.2 Å². The molecule has 0 aliphatic rings. The van der Waals surface area contributed by atoms with Crippen molar-refractivity contribution in [2.75, 3.05) is 12.4 Å². The number of alkyl halides is 6. The van der Waals surface area contributed by atoms with Crippen molar-refractivity contribution >= 4 is 18.1 Å². The van der Waals surface area contributed by atoms with Crippen LogP contribution in [0.3, 0.4) is 0 Å². The molecule has 0 aliphatic heterocycles. The minimum atomic E-state index is -4.87. The van der Waals surface area contributed by atoms with Crippen LogP contribution in [0.25, 0.3) is 11.3 Å². The van der Waals surface area contributed by atoms with Gasteiger partial charge in [0.25, 0.3) is 0 Å². The Balaban J connectivity index is 0.00000288. The van der Waals surface area contributed by atoms with Crippen molar-refractivity contribution in [2.45, 2.75) is 12.5 Å². The van der Waals surface area contributed by atoms with Gasteiger partial charge in [0.15, 0.2) is 5.75 Å². The highest BCUT2D eigenvalue weighted by molar-refractivity contribution is 5.85. The average Bonchev–Trinajstić information content (AvgIpc) is 2.45. The molecule has 0 fully saturated rings. The molecule has 0 unspecified atom stereocenters. The summed E-state index contributed by atoms with van der Waals surface area (Å²) >= 11 is 0. The predicted molar refractivity (Wildman–Crippen MR) is 78.2 cm³/mol. The molecule has 132 valence electrons. The molecular weight excluding hydrogens is 362 g/mol. The lowest BCUT2D eigenvalue weighted by atomic mass is 10.1. The lowest BCUT2D eigenvalue weighted by molar-refractivity contribution is -0.274. The van der Waals surface area contributed by atoms with E-state index in [1.165, 1.54) is 25.2 Å². The Hall–Kier alpha value is -2.16. The van der Waals surface area contributed by atoms with Crippen LogP contribution in [0.2, 0.25) is 0 Å². The van der Waals surface area contributed by atoms with Crippen molar-refractivity contribution in [3.8, 4) is 17.0 Å². The van der Waals surface area contributed by atoms with Crippen molar-refractivity contribution in [1.82, 2.24) is 4.98 Å². The highest BCUT2D eigenvalue weighted by atomic mass is 35.5. The van der Waals surface area contributed by atoms with Crippen molar-refractivity contribution in [1.29, 1.82) is 0 Å². The summed E-state index contributed by atoms with van der Waals surface area (Å²) < 4.78 is 78.1. The van der Waals surface area contributed by atoms with E-state index in [0.29, 0.717) is 5.56 Å². The van der Waals surface area contributed by atoms with Crippen molar-refractivity contribution < 1.29 is 31.1 Å². The number of pyridine rings is 1. The van der Waals surface area contributed by atoms with Gasteiger partial charge in [0.05, 0.1) is 23.1 Å². The normalized spacial score (nSPS) is 11.6. The molecule has 3 nitrogen and oxygen atoms in total. The molecule has 10 heteroatoms. The van der Waals surface area contributed by atoms with E-state index in [1.54, 1.807) is 0 Å². The van der Waals surface area contributed by atoms with Crippen LogP contribution in [0.4, 0.5) is 32.0 Å². The maximum absolute atomic E-state index is 12.5. The minimum Gasteiger partial charge on any atom is -0.402 e. The second kappa shape index (κ2) is 7.16. The van der Waals surface area contributed by atoms with E-state index in [-0.39, 0.29) is 23.8 Å². The van der Waals surface area contributed by atoms with E-state index in [2.05, 4.69) is 15.0 Å². The lowest BCUT2D eigenvalue weighted by Crippen LogP contribution is -2.18. The Morgan fingerprint density at radius 1 is 1.00 bits per heavy atom. The smallest absolute Gasteiger partial charge is 0.402 e. The Kier molecular flexibility index (Phi) is 5.94. The van der Waals surface area contributed by atoms with Gasteiger partial charge < -0.3 is 10.1 Å². The van der Waals surface area contributed by atoms with E-state index in [0.717, 1.165) is 18.3 Å². The van der Waals surface area contributed by atoms with Crippen LogP contribution in [0, 0.1) is 0 Å². The molecule has 0 amide bonds. The lowest BCUT2D eigenvalue weighted by Gasteiger charge is -2.14. The summed E-state index contributed by atoms with van der Waals surface area (Å²) in [5.74, 6) is -0.532. The molecule has 1 aromatic heterocycles. The van der Waals surface area contributed by atoms with Crippen molar-refractivity contribution in [2.24, 2.45) is 0 Å². The van der Waals surface area contributed by atoms with Crippen LogP contribution in [-0.2, 0) is 6.18 Å². The van der Waals surface area contributed by atoms with E-state index in [9.17, 15) is 26.3 Å². The molecule has 0 spiro atoms. The molecule has 0 bridgehead atoms. The van der Waals surface area contributed by atoms with Crippen LogP contribution in [0.5, 0.6) is 5.75 Å². The summed E-state index contributed by atoms with van der Waals surface area (Å²) in [6.07, 6.45) is -8.48. The number of hydrogen-bond donors (Lipinski definition) is 1. The third-order valence-corrected chi connectivity index (χ3v) is 2.87. The van der Waals surface area contributed by atoms with Gasteiger partial charge in [-0.3, -0.25) is 4.98 Å². The molecule has 0 atom stereocenters. The van der Waals surface area contributed by atoms with Crippen LogP contribution >= 0.6 is 12.4 Å². The zero-order chi connectivity index (χ0) is 17.3. The summed E-state index contributed by atoms with van der Waals surface area (Å²) in [5, 5.41) is 2.52. The number of halogens is 7. The number of benzene rings is 1. The highest BCUT2D eigenvalue weighted by Gasteiger charge is 2.32. The average molecular weight is 373 g/mol. The summed E-state index contributed by atoms with van der Waals surface area (Å²) in [6.45, 7) is 0. The summed E-state index contributed by atoms with van der Waals surface area (Å²) in [5.41, 5.74) is -0.287. The molecule has 0 aliphatic carbocycles. The fourth-order valence-electron chi connectivity index (χ4n) is 1.83. The summed E-state index contributed by atoms with van der Waals surface area (Å²) in [7, 11) is 1.38. The number of rotatable bonds is 3. The van der Waals surface area contributed by atoms with Crippen LogP contribution < -0.4 is 10.1 Å². The Morgan fingerprint density at radius 3 is 2.04 bits per heavy atom. The van der Waals surface area contributed by atoms with E-state index >= 15 is 0 Å². The number of anilines is 1. The van der Waals surface area contributed by atoms with E-state index in [4.69, 9.17) is 0 Å². The minimum absolute atomic E-state index is 0. The molecule has 0 saturated heterocycles. The predicted octanol–water partition coefficient (Wildman–Crippen LogP) is 5.13. The SMILES string of the molecule is CNc1cc(-c2ccc(C(F)(F)F)cc2)ncc1OC(F)(F)F.Cl. The molecule has 0 saturated carbocycles. The maximum atomic E-state index is 12.5. The first-order valence-electron chi connectivity index (χ1n) is 6.21. The van der Waals surface area contributed by atoms with Crippen molar-refractivity contribution in [3.05, 3.63) is 42.1 Å². The molecule has 1 heterocycles. The third kappa shape index (κ3) is 4.92. The Morgan fingerprint density at radius 2 is 1.58 bits per heavy atom. The largest absolute Gasteiger partial charge is 0.573 e. The molecule has 1 N–H and O–H groups in total. The van der Waals surface area contributed by atoms with Gasteiger partial charge in [0.2, 0.25) is 0 Å². The molecule has 2 aromatic rings. The molecule has 2 rings (SSSR count). The fraction of sp³-hybridized carbons (Fsp3) is 0.214. The van der Waals surface area contributed by atoms with E-state index in [1.807, 2.05) is 0 Å². The highest BCUT2D eigenvalue weighted by Crippen LogP contribution is 2.34. The van der Waals surface area contributed by atoms with Gasteiger partial charge >= 0.3 is 12.5 Å². The Bertz CT molecular complexity index is 685. The quantitative estimate of drug-likeness (QED) is 0.758. The zero-order valence-electron chi connectivity index (χ0n) is 12.0. The van der Waals surface area contributed by atoms with Gasteiger partial charge in [0.1, 0.15) is 0 Å². The molecule has 1 aromatic carbocycles.